The van der Waals surface area contributed by atoms with Crippen LogP contribution in [-0.2, 0) is 12.7 Å². The molecular weight excluding hydrogens is 295 g/mol. The number of hydrogen-bond acceptors (Lipinski definition) is 2. The van der Waals surface area contributed by atoms with Gasteiger partial charge in [0.25, 0.3) is 5.91 Å². The zero-order valence-corrected chi connectivity index (χ0v) is 12.5. The highest BCUT2D eigenvalue weighted by Crippen LogP contribution is 2.30. The number of alkyl halides is 3. The van der Waals surface area contributed by atoms with Gasteiger partial charge in [-0.3, -0.25) is 4.79 Å². The van der Waals surface area contributed by atoms with E-state index < -0.39 is 11.9 Å². The van der Waals surface area contributed by atoms with Crippen LogP contribution in [0, 0.1) is 20.8 Å². The summed E-state index contributed by atoms with van der Waals surface area (Å²) in [4.78, 5) is 12.2. The second-order valence-corrected chi connectivity index (χ2v) is 5.22. The van der Waals surface area contributed by atoms with Gasteiger partial charge in [0.15, 0.2) is 0 Å². The fourth-order valence-electron chi connectivity index (χ4n) is 2.42. The minimum Gasteiger partial charge on any atom is -0.455 e. The van der Waals surface area contributed by atoms with Crippen molar-refractivity contribution in [3.8, 4) is 0 Å². The van der Waals surface area contributed by atoms with Crippen molar-refractivity contribution in [3.05, 3.63) is 58.0 Å². The Morgan fingerprint density at radius 2 is 1.73 bits per heavy atom. The average molecular weight is 311 g/mol. The number of amides is 1. The van der Waals surface area contributed by atoms with Crippen LogP contribution in [-0.4, -0.2) is 5.91 Å². The molecular formula is C16H16F3NO2. The molecule has 1 amide bonds. The molecule has 0 aliphatic rings. The number of carbonyl (C=O) groups excluding carboxylic acids is 1. The number of hydrogen-bond donors (Lipinski definition) is 1. The summed E-state index contributed by atoms with van der Waals surface area (Å²) < 4.78 is 42.0. The van der Waals surface area contributed by atoms with Gasteiger partial charge in [-0.05, 0) is 44.0 Å². The Labute approximate surface area is 126 Å². The molecule has 2 aromatic rings. The largest absolute Gasteiger partial charge is 0.455 e. The van der Waals surface area contributed by atoms with E-state index in [4.69, 9.17) is 0 Å². The molecule has 3 nitrogen and oxygen atoms in total. The van der Waals surface area contributed by atoms with Gasteiger partial charge in [0.05, 0.1) is 6.54 Å². The number of carbonyl (C=O) groups is 1. The summed E-state index contributed by atoms with van der Waals surface area (Å²) in [6.07, 6.45) is -4.52. The van der Waals surface area contributed by atoms with Crippen LogP contribution in [0.3, 0.4) is 0 Å². The van der Waals surface area contributed by atoms with E-state index in [1.54, 1.807) is 0 Å². The third-order valence-corrected chi connectivity index (χ3v) is 3.27. The maximum Gasteiger partial charge on any atom is 0.449 e. The number of nitrogens with one attached hydrogen (secondary N) is 1. The Morgan fingerprint density at radius 1 is 1.14 bits per heavy atom. The van der Waals surface area contributed by atoms with Crippen LogP contribution in [0.25, 0.3) is 0 Å². The number of furan rings is 1. The third-order valence-electron chi connectivity index (χ3n) is 3.27. The van der Waals surface area contributed by atoms with Gasteiger partial charge >= 0.3 is 6.18 Å². The lowest BCUT2D eigenvalue weighted by Crippen LogP contribution is -2.24. The molecule has 0 aliphatic carbocycles. The molecule has 0 fully saturated rings. The molecule has 2 rings (SSSR count). The van der Waals surface area contributed by atoms with Gasteiger partial charge in [0, 0.05) is 5.56 Å². The molecule has 1 aromatic carbocycles. The summed E-state index contributed by atoms with van der Waals surface area (Å²) in [5.74, 6) is -1.34. The smallest absolute Gasteiger partial charge is 0.449 e. The highest BCUT2D eigenvalue weighted by atomic mass is 19.4. The van der Waals surface area contributed by atoms with Crippen molar-refractivity contribution >= 4 is 5.91 Å². The molecule has 1 heterocycles. The second kappa shape index (κ2) is 5.87. The SMILES string of the molecule is Cc1cc(C)c(C(=O)NCc2ccc(C(F)(F)F)o2)c(C)c1. The Balaban J connectivity index is 2.09. The highest BCUT2D eigenvalue weighted by Gasteiger charge is 2.34. The minimum atomic E-state index is -4.52. The third kappa shape index (κ3) is 3.50. The van der Waals surface area contributed by atoms with Gasteiger partial charge in [-0.1, -0.05) is 17.7 Å². The lowest BCUT2D eigenvalue weighted by atomic mass is 9.99. The van der Waals surface area contributed by atoms with E-state index in [-0.39, 0.29) is 18.2 Å². The van der Waals surface area contributed by atoms with Crippen molar-refractivity contribution in [1.82, 2.24) is 5.32 Å². The van der Waals surface area contributed by atoms with E-state index in [1.807, 2.05) is 32.9 Å². The Hall–Kier alpha value is -2.24. The monoisotopic (exact) mass is 311 g/mol. The second-order valence-electron chi connectivity index (χ2n) is 5.22. The van der Waals surface area contributed by atoms with Gasteiger partial charge in [-0.15, -0.1) is 0 Å². The number of aryl methyl sites for hydroxylation is 3. The highest BCUT2D eigenvalue weighted by molar-refractivity contribution is 5.97. The van der Waals surface area contributed by atoms with Crippen molar-refractivity contribution in [2.75, 3.05) is 0 Å². The maximum absolute atomic E-state index is 12.4. The van der Waals surface area contributed by atoms with Crippen LogP contribution in [0.2, 0.25) is 0 Å². The summed E-state index contributed by atoms with van der Waals surface area (Å²) in [6.45, 7) is 5.48. The first kappa shape index (κ1) is 16.1. The quantitative estimate of drug-likeness (QED) is 0.925. The summed E-state index contributed by atoms with van der Waals surface area (Å²) in [6, 6.07) is 5.83. The minimum absolute atomic E-state index is 0.0584. The predicted octanol–water partition coefficient (Wildman–Crippen LogP) is 4.15. The zero-order chi connectivity index (χ0) is 16.5. The molecule has 0 bridgehead atoms. The van der Waals surface area contributed by atoms with E-state index in [2.05, 4.69) is 9.73 Å². The Bertz CT molecular complexity index is 679. The van der Waals surface area contributed by atoms with E-state index in [9.17, 15) is 18.0 Å². The standard InChI is InChI=1S/C16H16F3NO2/c1-9-6-10(2)14(11(3)7-9)15(21)20-8-12-4-5-13(22-12)16(17,18)19/h4-7H,8H2,1-3H3,(H,20,21). The number of rotatable bonds is 3. The predicted molar refractivity (Wildman–Crippen MR) is 75.5 cm³/mol. The first-order valence-electron chi connectivity index (χ1n) is 6.70. The molecule has 0 saturated heterocycles. The first-order valence-corrected chi connectivity index (χ1v) is 6.70. The Kier molecular flexibility index (Phi) is 4.30. The molecule has 0 spiro atoms. The van der Waals surface area contributed by atoms with Crippen LogP contribution in [0.15, 0.2) is 28.7 Å². The average Bonchev–Trinajstić information content (AvgIpc) is 2.83. The van der Waals surface area contributed by atoms with Gasteiger partial charge in [-0.25, -0.2) is 0 Å². The molecule has 22 heavy (non-hydrogen) atoms. The van der Waals surface area contributed by atoms with E-state index in [0.717, 1.165) is 22.8 Å². The zero-order valence-electron chi connectivity index (χ0n) is 12.5. The van der Waals surface area contributed by atoms with Crippen molar-refractivity contribution in [2.45, 2.75) is 33.5 Å². The summed E-state index contributed by atoms with van der Waals surface area (Å²) in [5.41, 5.74) is 3.23. The molecule has 0 unspecified atom stereocenters. The molecule has 1 N–H and O–H groups in total. The van der Waals surface area contributed by atoms with Gasteiger partial charge in [0.2, 0.25) is 5.76 Å². The molecule has 0 aliphatic heterocycles. The fraction of sp³-hybridized carbons (Fsp3) is 0.312. The van der Waals surface area contributed by atoms with Crippen molar-refractivity contribution in [1.29, 1.82) is 0 Å². The van der Waals surface area contributed by atoms with Crippen LogP contribution in [0.1, 0.15) is 38.6 Å². The molecule has 6 heteroatoms. The first-order chi connectivity index (χ1) is 10.2. The van der Waals surface area contributed by atoms with E-state index >= 15 is 0 Å². The van der Waals surface area contributed by atoms with Crippen LogP contribution < -0.4 is 5.32 Å². The molecule has 1 aromatic heterocycles. The van der Waals surface area contributed by atoms with Crippen molar-refractivity contribution < 1.29 is 22.4 Å². The number of benzene rings is 1. The molecule has 0 saturated carbocycles. The topological polar surface area (TPSA) is 42.2 Å². The molecule has 118 valence electrons. The molecule has 0 radical (unpaired) electrons. The number of halogens is 3. The normalized spacial score (nSPS) is 11.5. The van der Waals surface area contributed by atoms with Gasteiger partial charge in [-0.2, -0.15) is 13.2 Å². The van der Waals surface area contributed by atoms with Crippen LogP contribution in [0.5, 0.6) is 0 Å². The van der Waals surface area contributed by atoms with Gasteiger partial charge < -0.3 is 9.73 Å². The fourth-order valence-corrected chi connectivity index (χ4v) is 2.42. The van der Waals surface area contributed by atoms with E-state index in [0.29, 0.717) is 5.56 Å². The molecule has 0 atom stereocenters. The van der Waals surface area contributed by atoms with Crippen LogP contribution in [0.4, 0.5) is 13.2 Å². The maximum atomic E-state index is 12.4. The lowest BCUT2D eigenvalue weighted by Gasteiger charge is -2.11. The summed E-state index contributed by atoms with van der Waals surface area (Å²) in [7, 11) is 0. The van der Waals surface area contributed by atoms with Crippen molar-refractivity contribution in [2.24, 2.45) is 0 Å². The van der Waals surface area contributed by atoms with Gasteiger partial charge in [0.1, 0.15) is 5.76 Å². The lowest BCUT2D eigenvalue weighted by molar-refractivity contribution is -0.153. The van der Waals surface area contributed by atoms with Crippen LogP contribution >= 0.6 is 0 Å². The summed E-state index contributed by atoms with van der Waals surface area (Å²) in [5, 5.41) is 2.58. The van der Waals surface area contributed by atoms with E-state index in [1.165, 1.54) is 6.07 Å². The van der Waals surface area contributed by atoms with Crippen molar-refractivity contribution in [3.63, 3.8) is 0 Å². The Morgan fingerprint density at radius 3 is 2.23 bits per heavy atom. The summed E-state index contributed by atoms with van der Waals surface area (Å²) >= 11 is 0.